The molecule has 5 nitrogen and oxygen atoms in total. The van der Waals surface area contributed by atoms with Gasteiger partial charge in [-0.1, -0.05) is 12.1 Å². The normalized spacial score (nSPS) is 15.1. The Morgan fingerprint density at radius 3 is 2.70 bits per heavy atom. The molecular formula is C18H20N4O. The fraction of sp³-hybridized carbons (Fsp3) is 0.333. The zero-order valence-corrected chi connectivity index (χ0v) is 13.3. The van der Waals surface area contributed by atoms with E-state index in [2.05, 4.69) is 31.8 Å². The van der Waals surface area contributed by atoms with Gasteiger partial charge in [0.2, 0.25) is 0 Å². The van der Waals surface area contributed by atoms with Crippen molar-refractivity contribution in [2.45, 2.75) is 19.3 Å². The van der Waals surface area contributed by atoms with E-state index in [1.807, 2.05) is 30.3 Å². The van der Waals surface area contributed by atoms with Crippen LogP contribution in [-0.2, 0) is 0 Å². The smallest absolute Gasteiger partial charge is 0.168 e. The van der Waals surface area contributed by atoms with Crippen molar-refractivity contribution in [2.75, 3.05) is 25.1 Å². The van der Waals surface area contributed by atoms with Crippen molar-refractivity contribution < 1.29 is 4.74 Å². The minimum absolute atomic E-state index is 0.825. The average molecular weight is 308 g/mol. The summed E-state index contributed by atoms with van der Waals surface area (Å²) in [6.07, 6.45) is 6.02. The zero-order chi connectivity index (χ0) is 15.6. The van der Waals surface area contributed by atoms with Crippen molar-refractivity contribution >= 4 is 11.3 Å². The minimum atomic E-state index is 0.825. The van der Waals surface area contributed by atoms with E-state index >= 15 is 0 Å². The number of pyridine rings is 1. The second-order valence-electron chi connectivity index (χ2n) is 5.92. The first-order chi connectivity index (χ1) is 11.3. The highest BCUT2D eigenvalue weighted by molar-refractivity contribution is 5.63. The second kappa shape index (κ2) is 5.91. The Kier molecular flexibility index (Phi) is 3.61. The predicted octanol–water partition coefficient (Wildman–Crippen LogP) is 3.40. The van der Waals surface area contributed by atoms with Gasteiger partial charge in [-0.25, -0.2) is 0 Å². The van der Waals surface area contributed by atoms with Crippen LogP contribution in [0, 0.1) is 0 Å². The molecule has 5 heteroatoms. The molecule has 0 atom stereocenters. The molecule has 0 saturated carbocycles. The number of fused-ring (bicyclic) bond motifs is 1. The Balaban J connectivity index is 1.77. The predicted molar refractivity (Wildman–Crippen MR) is 91.0 cm³/mol. The Labute approximate surface area is 135 Å². The van der Waals surface area contributed by atoms with Crippen LogP contribution in [0.25, 0.3) is 17.0 Å². The van der Waals surface area contributed by atoms with Crippen LogP contribution >= 0.6 is 0 Å². The summed E-state index contributed by atoms with van der Waals surface area (Å²) in [5.74, 6) is 1.67. The number of anilines is 1. The van der Waals surface area contributed by atoms with Crippen LogP contribution in [0.2, 0.25) is 0 Å². The molecule has 0 spiro atoms. The SMILES string of the molecule is COc1cccc(-c2nnc3ccc(N4CCCCC4)cn23)c1. The lowest BCUT2D eigenvalue weighted by molar-refractivity contribution is 0.415. The molecule has 0 radical (unpaired) electrons. The molecule has 0 bridgehead atoms. The number of benzene rings is 1. The molecule has 1 aliphatic rings. The Morgan fingerprint density at radius 2 is 1.87 bits per heavy atom. The molecule has 1 fully saturated rings. The lowest BCUT2D eigenvalue weighted by Gasteiger charge is -2.28. The number of hydrogen-bond donors (Lipinski definition) is 0. The van der Waals surface area contributed by atoms with Crippen LogP contribution in [0.4, 0.5) is 5.69 Å². The highest BCUT2D eigenvalue weighted by atomic mass is 16.5. The van der Waals surface area contributed by atoms with Crippen LogP contribution < -0.4 is 9.64 Å². The van der Waals surface area contributed by atoms with Crippen LogP contribution in [0.5, 0.6) is 5.75 Å². The standard InChI is InChI=1S/C18H20N4O/c1-23-16-7-5-6-14(12-16)18-20-19-17-9-8-15(13-22(17)18)21-10-3-2-4-11-21/h5-9,12-13H,2-4,10-11H2,1H3. The maximum atomic E-state index is 5.32. The molecule has 2 aromatic heterocycles. The van der Waals surface area contributed by atoms with Crippen molar-refractivity contribution in [1.82, 2.24) is 14.6 Å². The molecule has 0 amide bonds. The third-order valence-electron chi connectivity index (χ3n) is 4.44. The van der Waals surface area contributed by atoms with Gasteiger partial charge in [-0.3, -0.25) is 4.40 Å². The Morgan fingerprint density at radius 1 is 1.00 bits per heavy atom. The molecule has 0 unspecified atom stereocenters. The highest BCUT2D eigenvalue weighted by Crippen LogP contribution is 2.26. The molecule has 1 aromatic carbocycles. The van der Waals surface area contributed by atoms with Crippen molar-refractivity contribution in [1.29, 1.82) is 0 Å². The van der Waals surface area contributed by atoms with Gasteiger partial charge in [0, 0.05) is 24.8 Å². The number of aromatic nitrogens is 3. The maximum Gasteiger partial charge on any atom is 0.168 e. The molecule has 1 aliphatic heterocycles. The van der Waals surface area contributed by atoms with E-state index in [1.165, 1.54) is 24.9 Å². The summed E-state index contributed by atoms with van der Waals surface area (Å²) in [5.41, 5.74) is 3.11. The lowest BCUT2D eigenvalue weighted by atomic mass is 10.1. The zero-order valence-electron chi connectivity index (χ0n) is 13.3. The van der Waals surface area contributed by atoms with Crippen molar-refractivity contribution in [3.63, 3.8) is 0 Å². The Bertz CT molecular complexity index is 821. The van der Waals surface area contributed by atoms with Gasteiger partial charge in [-0.2, -0.15) is 0 Å². The van der Waals surface area contributed by atoms with Crippen molar-refractivity contribution in [2.24, 2.45) is 0 Å². The van der Waals surface area contributed by atoms with Gasteiger partial charge in [0.1, 0.15) is 5.75 Å². The van der Waals surface area contributed by atoms with E-state index in [4.69, 9.17) is 4.74 Å². The van der Waals surface area contributed by atoms with E-state index in [0.29, 0.717) is 0 Å². The molecule has 0 N–H and O–H groups in total. The summed E-state index contributed by atoms with van der Waals surface area (Å²) in [7, 11) is 1.68. The van der Waals surface area contributed by atoms with E-state index in [1.54, 1.807) is 7.11 Å². The van der Waals surface area contributed by atoms with Crippen LogP contribution in [-0.4, -0.2) is 34.8 Å². The lowest BCUT2D eigenvalue weighted by Crippen LogP contribution is -2.29. The highest BCUT2D eigenvalue weighted by Gasteiger charge is 2.14. The third kappa shape index (κ3) is 2.63. The van der Waals surface area contributed by atoms with Gasteiger partial charge in [0.05, 0.1) is 12.8 Å². The summed E-state index contributed by atoms with van der Waals surface area (Å²) in [5, 5.41) is 8.66. The van der Waals surface area contributed by atoms with Crippen LogP contribution in [0.15, 0.2) is 42.6 Å². The number of rotatable bonds is 3. The molecule has 1 saturated heterocycles. The number of piperidine rings is 1. The topological polar surface area (TPSA) is 42.7 Å². The molecule has 118 valence electrons. The summed E-state index contributed by atoms with van der Waals surface area (Å²) in [6.45, 7) is 2.25. The summed E-state index contributed by atoms with van der Waals surface area (Å²) in [6, 6.07) is 12.1. The third-order valence-corrected chi connectivity index (χ3v) is 4.44. The van der Waals surface area contributed by atoms with Crippen LogP contribution in [0.1, 0.15) is 19.3 Å². The van der Waals surface area contributed by atoms with Gasteiger partial charge in [0.15, 0.2) is 11.5 Å². The fourth-order valence-electron chi connectivity index (χ4n) is 3.18. The van der Waals surface area contributed by atoms with Gasteiger partial charge in [-0.15, -0.1) is 10.2 Å². The number of nitrogens with zero attached hydrogens (tertiary/aromatic N) is 4. The number of ether oxygens (including phenoxy) is 1. The first kappa shape index (κ1) is 14.1. The second-order valence-corrected chi connectivity index (χ2v) is 5.92. The summed E-state index contributed by atoms with van der Waals surface area (Å²) in [4.78, 5) is 2.44. The van der Waals surface area contributed by atoms with Gasteiger partial charge < -0.3 is 9.64 Å². The van der Waals surface area contributed by atoms with E-state index in [0.717, 1.165) is 35.9 Å². The van der Waals surface area contributed by atoms with Crippen LogP contribution in [0.3, 0.4) is 0 Å². The molecule has 4 rings (SSSR count). The van der Waals surface area contributed by atoms with Gasteiger partial charge in [0.25, 0.3) is 0 Å². The van der Waals surface area contributed by atoms with E-state index in [-0.39, 0.29) is 0 Å². The van der Waals surface area contributed by atoms with E-state index < -0.39 is 0 Å². The first-order valence-electron chi connectivity index (χ1n) is 8.09. The number of methoxy groups -OCH3 is 1. The average Bonchev–Trinajstić information content (AvgIpc) is 3.05. The molecule has 0 aliphatic carbocycles. The first-order valence-corrected chi connectivity index (χ1v) is 8.09. The largest absolute Gasteiger partial charge is 0.497 e. The number of hydrogen-bond acceptors (Lipinski definition) is 4. The molecule has 23 heavy (non-hydrogen) atoms. The fourth-order valence-corrected chi connectivity index (χ4v) is 3.18. The summed E-state index contributed by atoms with van der Waals surface area (Å²) >= 11 is 0. The molecule has 3 aromatic rings. The Hall–Kier alpha value is -2.56. The van der Waals surface area contributed by atoms with Crippen molar-refractivity contribution in [3.8, 4) is 17.1 Å². The monoisotopic (exact) mass is 308 g/mol. The maximum absolute atomic E-state index is 5.32. The van der Waals surface area contributed by atoms with Gasteiger partial charge >= 0.3 is 0 Å². The summed E-state index contributed by atoms with van der Waals surface area (Å²) < 4.78 is 7.39. The van der Waals surface area contributed by atoms with Crippen molar-refractivity contribution in [3.05, 3.63) is 42.6 Å². The minimum Gasteiger partial charge on any atom is -0.497 e. The van der Waals surface area contributed by atoms with E-state index in [9.17, 15) is 0 Å². The quantitative estimate of drug-likeness (QED) is 0.744. The molecule has 3 heterocycles. The van der Waals surface area contributed by atoms with Gasteiger partial charge in [-0.05, 0) is 43.5 Å². The molecular weight excluding hydrogens is 288 g/mol.